The largest absolute Gasteiger partial charge is 0.416 e. The van der Waals surface area contributed by atoms with Gasteiger partial charge in [-0.2, -0.15) is 13.2 Å². The van der Waals surface area contributed by atoms with E-state index in [1.54, 1.807) is 12.1 Å². The van der Waals surface area contributed by atoms with Gasteiger partial charge in [0, 0.05) is 13.1 Å². The number of hydrogen-bond donors (Lipinski definition) is 2. The summed E-state index contributed by atoms with van der Waals surface area (Å²) >= 11 is 0. The van der Waals surface area contributed by atoms with Crippen LogP contribution in [0.1, 0.15) is 47.9 Å². The lowest BCUT2D eigenvalue weighted by Crippen LogP contribution is -2.38. The number of carbonyl (C=O) groups excluding carboxylic acids is 1. The van der Waals surface area contributed by atoms with E-state index >= 15 is 0 Å². The maximum Gasteiger partial charge on any atom is 0.416 e. The van der Waals surface area contributed by atoms with Gasteiger partial charge in [-0.05, 0) is 84.1 Å². The van der Waals surface area contributed by atoms with Gasteiger partial charge in [-0.25, -0.2) is 0 Å². The third-order valence-electron chi connectivity index (χ3n) is 6.70. The summed E-state index contributed by atoms with van der Waals surface area (Å²) < 4.78 is 41.8. The standard InChI is InChI=1S/C25H30F3N3O/c1-16-13-31(15-24(29)32)14-21-11-18(4-5-22(16)21)19-2-3-20(23(12-19)25(26,27)28)10-17-6-8-30-9-7-17/h2-5,11-12,16-17,30H,6-10,13-15H2,1H3,(H2,29,32)/t16-/m0/s1. The highest BCUT2D eigenvalue weighted by Gasteiger charge is 2.34. The molecule has 2 aliphatic heterocycles. The summed E-state index contributed by atoms with van der Waals surface area (Å²) in [6, 6.07) is 10.6. The van der Waals surface area contributed by atoms with Crippen molar-refractivity contribution in [2.45, 2.75) is 44.8 Å². The minimum atomic E-state index is -4.39. The first-order valence-corrected chi connectivity index (χ1v) is 11.3. The van der Waals surface area contributed by atoms with Crippen molar-refractivity contribution in [2.24, 2.45) is 11.7 Å². The number of hydrogen-bond acceptors (Lipinski definition) is 3. The van der Waals surface area contributed by atoms with E-state index < -0.39 is 11.7 Å². The van der Waals surface area contributed by atoms with Gasteiger partial charge in [-0.3, -0.25) is 9.69 Å². The minimum Gasteiger partial charge on any atom is -0.369 e. The molecule has 0 bridgehead atoms. The Hall–Kier alpha value is -2.38. The first-order valence-electron chi connectivity index (χ1n) is 11.3. The Bertz CT molecular complexity index is 983. The fourth-order valence-corrected chi connectivity index (χ4v) is 5.13. The normalized spacial score (nSPS) is 20.2. The molecule has 2 heterocycles. The number of amides is 1. The molecule has 172 valence electrons. The smallest absolute Gasteiger partial charge is 0.369 e. The molecule has 1 atom stereocenters. The number of benzene rings is 2. The van der Waals surface area contributed by atoms with Gasteiger partial charge in [-0.15, -0.1) is 0 Å². The van der Waals surface area contributed by atoms with Crippen LogP contribution >= 0.6 is 0 Å². The summed E-state index contributed by atoms with van der Waals surface area (Å²) in [4.78, 5) is 13.3. The van der Waals surface area contributed by atoms with E-state index in [4.69, 9.17) is 5.73 Å². The van der Waals surface area contributed by atoms with Crippen molar-refractivity contribution in [2.75, 3.05) is 26.2 Å². The molecule has 4 nitrogen and oxygen atoms in total. The summed E-state index contributed by atoms with van der Waals surface area (Å²) in [5.41, 5.74) is 8.74. The first kappa shape index (κ1) is 22.8. The predicted molar refractivity (Wildman–Crippen MR) is 119 cm³/mol. The van der Waals surface area contributed by atoms with Crippen LogP contribution in [0.5, 0.6) is 0 Å². The van der Waals surface area contributed by atoms with Crippen LogP contribution in [0.15, 0.2) is 36.4 Å². The zero-order valence-corrected chi connectivity index (χ0v) is 18.3. The van der Waals surface area contributed by atoms with Gasteiger partial charge in [0.2, 0.25) is 5.91 Å². The molecule has 1 saturated heterocycles. The van der Waals surface area contributed by atoms with Gasteiger partial charge in [0.05, 0.1) is 12.1 Å². The number of rotatable bonds is 5. The van der Waals surface area contributed by atoms with Gasteiger partial charge in [0.15, 0.2) is 0 Å². The Labute approximate surface area is 187 Å². The van der Waals surface area contributed by atoms with E-state index in [0.29, 0.717) is 24.1 Å². The predicted octanol–water partition coefficient (Wildman–Crippen LogP) is 4.32. The van der Waals surface area contributed by atoms with E-state index in [0.717, 1.165) is 43.6 Å². The second-order valence-electron chi connectivity index (χ2n) is 9.22. The monoisotopic (exact) mass is 445 g/mol. The highest BCUT2D eigenvalue weighted by atomic mass is 19.4. The number of nitrogens with one attached hydrogen (secondary N) is 1. The van der Waals surface area contributed by atoms with Gasteiger partial charge < -0.3 is 11.1 Å². The number of carbonyl (C=O) groups is 1. The van der Waals surface area contributed by atoms with Crippen molar-refractivity contribution >= 4 is 5.91 Å². The second kappa shape index (κ2) is 9.24. The molecule has 7 heteroatoms. The van der Waals surface area contributed by atoms with E-state index in [1.807, 2.05) is 23.1 Å². The minimum absolute atomic E-state index is 0.178. The molecule has 0 spiro atoms. The average molecular weight is 446 g/mol. The van der Waals surface area contributed by atoms with Gasteiger partial charge in [0.25, 0.3) is 0 Å². The maximum atomic E-state index is 13.9. The zero-order valence-electron chi connectivity index (χ0n) is 18.3. The lowest BCUT2D eigenvalue weighted by molar-refractivity contribution is -0.138. The molecule has 0 radical (unpaired) electrons. The molecule has 0 saturated carbocycles. The number of primary amides is 1. The highest BCUT2D eigenvalue weighted by Crippen LogP contribution is 2.38. The lowest BCUT2D eigenvalue weighted by Gasteiger charge is -2.32. The van der Waals surface area contributed by atoms with Crippen LogP contribution in [0.4, 0.5) is 13.2 Å². The SMILES string of the molecule is C[C@H]1CN(CC(N)=O)Cc2cc(-c3ccc(CC4CCNCC4)c(C(F)(F)F)c3)ccc21. The van der Waals surface area contributed by atoms with Gasteiger partial charge >= 0.3 is 6.18 Å². The molecule has 32 heavy (non-hydrogen) atoms. The summed E-state index contributed by atoms with van der Waals surface area (Å²) in [5.74, 6) is 0.130. The summed E-state index contributed by atoms with van der Waals surface area (Å²) in [6.07, 6.45) is -2.12. The fraction of sp³-hybridized carbons (Fsp3) is 0.480. The van der Waals surface area contributed by atoms with E-state index in [2.05, 4.69) is 12.2 Å². The maximum absolute atomic E-state index is 13.9. The molecule has 0 unspecified atom stereocenters. The molecular formula is C25H30F3N3O. The Morgan fingerprint density at radius 2 is 1.81 bits per heavy atom. The Kier molecular flexibility index (Phi) is 6.58. The van der Waals surface area contributed by atoms with Crippen LogP contribution in [0.3, 0.4) is 0 Å². The zero-order chi connectivity index (χ0) is 22.9. The Balaban J connectivity index is 1.64. The summed E-state index contributed by atoms with van der Waals surface area (Å²) in [6.45, 7) is 5.30. The molecule has 3 N–H and O–H groups in total. The second-order valence-corrected chi connectivity index (χ2v) is 9.22. The van der Waals surface area contributed by atoms with Crippen LogP contribution < -0.4 is 11.1 Å². The lowest BCUT2D eigenvalue weighted by atomic mass is 9.86. The molecule has 2 aliphatic rings. The molecule has 4 rings (SSSR count). The summed E-state index contributed by atoms with van der Waals surface area (Å²) in [7, 11) is 0. The highest BCUT2D eigenvalue weighted by molar-refractivity contribution is 5.76. The fourth-order valence-electron chi connectivity index (χ4n) is 5.13. The van der Waals surface area contributed by atoms with Gasteiger partial charge in [0.1, 0.15) is 0 Å². The van der Waals surface area contributed by atoms with Crippen molar-refractivity contribution in [3.63, 3.8) is 0 Å². The van der Waals surface area contributed by atoms with E-state index in [1.165, 1.54) is 11.6 Å². The van der Waals surface area contributed by atoms with Crippen molar-refractivity contribution < 1.29 is 18.0 Å². The molecule has 2 aromatic rings. The quantitative estimate of drug-likeness (QED) is 0.721. The molecule has 0 aliphatic carbocycles. The number of nitrogens with two attached hydrogens (primary N) is 1. The first-order chi connectivity index (χ1) is 15.2. The number of alkyl halides is 3. The van der Waals surface area contributed by atoms with Crippen molar-refractivity contribution in [1.82, 2.24) is 10.2 Å². The van der Waals surface area contributed by atoms with Crippen molar-refractivity contribution in [3.05, 3.63) is 58.7 Å². The number of piperidine rings is 1. The van der Waals surface area contributed by atoms with E-state index in [-0.39, 0.29) is 24.3 Å². The molecular weight excluding hydrogens is 415 g/mol. The Morgan fingerprint density at radius 1 is 1.12 bits per heavy atom. The topological polar surface area (TPSA) is 58.4 Å². The van der Waals surface area contributed by atoms with Crippen molar-refractivity contribution in [3.8, 4) is 11.1 Å². The third-order valence-corrected chi connectivity index (χ3v) is 6.70. The van der Waals surface area contributed by atoms with Crippen LogP contribution in [0.2, 0.25) is 0 Å². The van der Waals surface area contributed by atoms with E-state index in [9.17, 15) is 18.0 Å². The number of nitrogens with zero attached hydrogens (tertiary/aromatic N) is 1. The summed E-state index contributed by atoms with van der Waals surface area (Å²) in [5, 5.41) is 3.27. The van der Waals surface area contributed by atoms with Crippen LogP contribution in [-0.2, 0) is 23.9 Å². The van der Waals surface area contributed by atoms with Gasteiger partial charge in [-0.1, -0.05) is 31.2 Å². The van der Waals surface area contributed by atoms with Crippen LogP contribution in [-0.4, -0.2) is 37.0 Å². The Morgan fingerprint density at radius 3 is 2.50 bits per heavy atom. The third kappa shape index (κ3) is 5.15. The number of halogens is 3. The average Bonchev–Trinajstić information content (AvgIpc) is 2.73. The van der Waals surface area contributed by atoms with Crippen LogP contribution in [0.25, 0.3) is 11.1 Å². The molecule has 0 aromatic heterocycles. The van der Waals surface area contributed by atoms with Crippen molar-refractivity contribution in [1.29, 1.82) is 0 Å². The molecule has 1 amide bonds. The molecule has 1 fully saturated rings. The van der Waals surface area contributed by atoms with Crippen LogP contribution in [0, 0.1) is 5.92 Å². The number of fused-ring (bicyclic) bond motifs is 1. The molecule has 2 aromatic carbocycles.